The lowest BCUT2D eigenvalue weighted by Crippen LogP contribution is -2.49. The first kappa shape index (κ1) is 22.1. The van der Waals surface area contributed by atoms with Crippen molar-refractivity contribution in [1.29, 1.82) is 0 Å². The molecule has 1 aliphatic heterocycles. The maximum atomic E-state index is 12.8. The molecule has 0 unspecified atom stereocenters. The summed E-state index contributed by atoms with van der Waals surface area (Å²) in [4.78, 5) is 10.6. The Balaban J connectivity index is 1.68. The normalized spacial score (nSPS) is 15.8. The summed E-state index contributed by atoms with van der Waals surface area (Å²) in [7, 11) is -3.83. The van der Waals surface area contributed by atoms with E-state index >= 15 is 0 Å². The minimum absolute atomic E-state index is 0.0854. The van der Waals surface area contributed by atoms with Gasteiger partial charge in [0.1, 0.15) is 23.2 Å². The fourth-order valence-corrected chi connectivity index (χ4v) is 4.53. The van der Waals surface area contributed by atoms with Gasteiger partial charge in [0.2, 0.25) is 10.0 Å². The molecule has 1 N–H and O–H groups in total. The molecule has 1 fully saturated rings. The molecule has 0 bridgehead atoms. The summed E-state index contributed by atoms with van der Waals surface area (Å²) in [5, 5.41) is 3.14. The van der Waals surface area contributed by atoms with Crippen molar-refractivity contribution in [3.8, 4) is 5.75 Å². The number of aryl methyl sites for hydroxylation is 1. The molecule has 3 rings (SSSR count). The second-order valence-electron chi connectivity index (χ2n) is 6.60. The highest BCUT2D eigenvalue weighted by Crippen LogP contribution is 2.26. The molecule has 0 amide bonds. The quantitative estimate of drug-likeness (QED) is 0.731. The molecular weight excluding hydrogens is 423 g/mol. The lowest BCUT2D eigenvalue weighted by Gasteiger charge is -2.34. The number of aromatic nitrogens is 2. The summed E-state index contributed by atoms with van der Waals surface area (Å²) >= 11 is 0. The molecule has 1 aliphatic rings. The van der Waals surface area contributed by atoms with Crippen LogP contribution in [0, 0.1) is 6.92 Å². The number of alkyl halides is 3. The van der Waals surface area contributed by atoms with E-state index in [4.69, 9.17) is 0 Å². The highest BCUT2D eigenvalue weighted by molar-refractivity contribution is 7.89. The molecule has 1 saturated heterocycles. The number of nitrogens with one attached hydrogen (secondary N) is 1. The fourth-order valence-electron chi connectivity index (χ4n) is 3.11. The smallest absolute Gasteiger partial charge is 0.406 e. The minimum atomic E-state index is -4.83. The van der Waals surface area contributed by atoms with Crippen LogP contribution >= 0.6 is 0 Å². The zero-order chi connectivity index (χ0) is 21.9. The van der Waals surface area contributed by atoms with Crippen molar-refractivity contribution in [1.82, 2.24) is 14.3 Å². The largest absolute Gasteiger partial charge is 0.573 e. The van der Waals surface area contributed by atoms with E-state index in [1.807, 2.05) is 17.9 Å². The molecule has 1 aromatic carbocycles. The van der Waals surface area contributed by atoms with Gasteiger partial charge >= 0.3 is 6.36 Å². The van der Waals surface area contributed by atoms with Gasteiger partial charge in [0.25, 0.3) is 0 Å². The van der Waals surface area contributed by atoms with Gasteiger partial charge in [0, 0.05) is 38.8 Å². The Hall–Kier alpha value is -2.60. The predicted molar refractivity (Wildman–Crippen MR) is 105 cm³/mol. The molecule has 0 spiro atoms. The Morgan fingerprint density at radius 2 is 1.73 bits per heavy atom. The monoisotopic (exact) mass is 445 g/mol. The summed E-state index contributed by atoms with van der Waals surface area (Å²) in [6.45, 7) is 5.77. The van der Waals surface area contributed by atoms with Crippen molar-refractivity contribution in [2.75, 3.05) is 42.9 Å². The molecule has 0 saturated carbocycles. The summed E-state index contributed by atoms with van der Waals surface area (Å²) in [5.74, 6) is 1.56. The Labute approximate surface area is 172 Å². The molecule has 2 heterocycles. The number of ether oxygens (including phenoxy) is 1. The fraction of sp³-hybridized carbons (Fsp3) is 0.444. The van der Waals surface area contributed by atoms with E-state index in [9.17, 15) is 21.6 Å². The van der Waals surface area contributed by atoms with Gasteiger partial charge in [-0.3, -0.25) is 0 Å². The number of anilines is 2. The average molecular weight is 445 g/mol. The summed E-state index contributed by atoms with van der Waals surface area (Å²) in [5.41, 5.74) is 0. The number of hydrogen-bond acceptors (Lipinski definition) is 7. The number of rotatable bonds is 6. The number of piperazine rings is 1. The third kappa shape index (κ3) is 5.30. The molecule has 12 heteroatoms. The average Bonchev–Trinajstić information content (AvgIpc) is 2.67. The van der Waals surface area contributed by atoms with Crippen LogP contribution in [0.5, 0.6) is 5.75 Å². The predicted octanol–water partition coefficient (Wildman–Crippen LogP) is 2.63. The van der Waals surface area contributed by atoms with Crippen LogP contribution in [0.2, 0.25) is 0 Å². The second-order valence-corrected chi connectivity index (χ2v) is 8.54. The van der Waals surface area contributed by atoms with Gasteiger partial charge < -0.3 is 15.0 Å². The Kier molecular flexibility index (Phi) is 6.36. The van der Waals surface area contributed by atoms with Crippen molar-refractivity contribution in [3.63, 3.8) is 0 Å². The van der Waals surface area contributed by atoms with Gasteiger partial charge in [-0.05, 0) is 38.1 Å². The SMILES string of the molecule is CCNc1cc(N2CCN(S(=O)(=O)c3ccc(OC(F)(F)F)cc3)CC2)nc(C)n1. The number of hydrogen-bond donors (Lipinski definition) is 1. The Morgan fingerprint density at radius 1 is 1.10 bits per heavy atom. The summed E-state index contributed by atoms with van der Waals surface area (Å²) < 4.78 is 67.6. The topological polar surface area (TPSA) is 87.7 Å². The second kappa shape index (κ2) is 8.64. The highest BCUT2D eigenvalue weighted by Gasteiger charge is 2.32. The van der Waals surface area contributed by atoms with Gasteiger partial charge in [0.05, 0.1) is 4.90 Å². The molecular formula is C18H22F3N5O3S. The van der Waals surface area contributed by atoms with Crippen LogP contribution in [-0.4, -0.2) is 61.8 Å². The summed E-state index contributed by atoms with van der Waals surface area (Å²) in [6, 6.07) is 6.02. The van der Waals surface area contributed by atoms with Gasteiger partial charge in [-0.2, -0.15) is 4.31 Å². The van der Waals surface area contributed by atoms with Crippen molar-refractivity contribution in [3.05, 3.63) is 36.2 Å². The first-order chi connectivity index (χ1) is 14.1. The van der Waals surface area contributed by atoms with Gasteiger partial charge in [-0.1, -0.05) is 0 Å². The Morgan fingerprint density at radius 3 is 2.30 bits per heavy atom. The van der Waals surface area contributed by atoms with E-state index < -0.39 is 22.1 Å². The zero-order valence-corrected chi connectivity index (χ0v) is 17.3. The third-order valence-electron chi connectivity index (χ3n) is 4.44. The number of sulfonamides is 1. The molecule has 30 heavy (non-hydrogen) atoms. The van der Waals surface area contributed by atoms with Gasteiger partial charge in [-0.15, -0.1) is 13.2 Å². The molecule has 164 valence electrons. The number of nitrogens with zero attached hydrogens (tertiary/aromatic N) is 4. The minimum Gasteiger partial charge on any atom is -0.406 e. The van der Waals surface area contributed by atoms with Crippen molar-refractivity contribution in [2.45, 2.75) is 25.1 Å². The highest BCUT2D eigenvalue weighted by atomic mass is 32.2. The van der Waals surface area contributed by atoms with E-state index in [0.29, 0.717) is 37.1 Å². The number of halogens is 3. The van der Waals surface area contributed by atoms with E-state index in [2.05, 4.69) is 20.0 Å². The van der Waals surface area contributed by atoms with E-state index in [-0.39, 0.29) is 18.0 Å². The lowest BCUT2D eigenvalue weighted by atomic mass is 10.3. The molecule has 0 aliphatic carbocycles. The van der Waals surface area contributed by atoms with Crippen LogP contribution in [0.3, 0.4) is 0 Å². The van der Waals surface area contributed by atoms with Crippen LogP contribution in [-0.2, 0) is 10.0 Å². The number of benzene rings is 1. The summed E-state index contributed by atoms with van der Waals surface area (Å²) in [6.07, 6.45) is -4.83. The van der Waals surface area contributed by atoms with Crippen molar-refractivity contribution >= 4 is 21.7 Å². The Bertz CT molecular complexity index is 976. The zero-order valence-electron chi connectivity index (χ0n) is 16.5. The van der Waals surface area contributed by atoms with E-state index in [1.54, 1.807) is 6.92 Å². The first-order valence-electron chi connectivity index (χ1n) is 9.29. The van der Waals surface area contributed by atoms with Gasteiger partial charge in [0.15, 0.2) is 0 Å². The van der Waals surface area contributed by atoms with E-state index in [0.717, 1.165) is 24.3 Å². The van der Waals surface area contributed by atoms with Crippen LogP contribution in [0.15, 0.2) is 35.2 Å². The molecule has 2 aromatic rings. The van der Waals surface area contributed by atoms with Crippen LogP contribution in [0.4, 0.5) is 24.8 Å². The molecule has 0 atom stereocenters. The van der Waals surface area contributed by atoms with Crippen LogP contribution in [0.25, 0.3) is 0 Å². The van der Waals surface area contributed by atoms with Crippen LogP contribution < -0.4 is 15.0 Å². The maximum absolute atomic E-state index is 12.8. The van der Waals surface area contributed by atoms with E-state index in [1.165, 1.54) is 4.31 Å². The van der Waals surface area contributed by atoms with Crippen LogP contribution in [0.1, 0.15) is 12.7 Å². The first-order valence-corrected chi connectivity index (χ1v) is 10.7. The van der Waals surface area contributed by atoms with Crippen molar-refractivity contribution < 1.29 is 26.3 Å². The third-order valence-corrected chi connectivity index (χ3v) is 6.35. The molecule has 1 aromatic heterocycles. The van der Waals surface area contributed by atoms with Gasteiger partial charge in [-0.25, -0.2) is 18.4 Å². The van der Waals surface area contributed by atoms with Crippen molar-refractivity contribution in [2.24, 2.45) is 0 Å². The standard InChI is InChI=1S/C18H22F3N5O3S/c1-3-22-16-12-17(24-13(2)23-16)25-8-10-26(11-9-25)30(27,28)15-6-4-14(5-7-15)29-18(19,20)21/h4-7,12H,3,8-11H2,1-2H3,(H,22,23,24). The lowest BCUT2D eigenvalue weighted by molar-refractivity contribution is -0.274. The molecule has 0 radical (unpaired) electrons. The maximum Gasteiger partial charge on any atom is 0.573 e. The molecule has 8 nitrogen and oxygen atoms in total.